The summed E-state index contributed by atoms with van der Waals surface area (Å²) in [6, 6.07) is 6.89. The summed E-state index contributed by atoms with van der Waals surface area (Å²) >= 11 is 0. The van der Waals surface area contributed by atoms with Crippen molar-refractivity contribution in [2.24, 2.45) is 0 Å². The Morgan fingerprint density at radius 1 is 0.375 bits per heavy atom. The molecule has 0 atom stereocenters. The summed E-state index contributed by atoms with van der Waals surface area (Å²) in [6.45, 7) is 16.3. The highest BCUT2D eigenvalue weighted by Crippen LogP contribution is 2.16. The van der Waals surface area contributed by atoms with E-state index in [0.717, 1.165) is 65.0 Å². The Bertz CT molecular complexity index is 938. The second-order valence-corrected chi connectivity index (χ2v) is 16.6. The standard InChI is InChI=1S/C50H92N2O4/c1-5-9-11-13-15-17-19-21-23-25-27-29-33-41-51(7-3)43-35-37-45-55-49(53)47-39-31-32-40-48(47)50(54)56-46-38-36-44-52(8-4)42-34-30-28-26-24-22-20-18-16-14-12-10-6-2/h31-32,39-40H,5-30,33-38,41-46H2,1-4H3. The number of ether oxygens (including phenoxy) is 2. The van der Waals surface area contributed by atoms with Gasteiger partial charge in [0.15, 0.2) is 0 Å². The normalized spacial score (nSPS) is 11.5. The Morgan fingerprint density at radius 2 is 0.625 bits per heavy atom. The number of esters is 2. The lowest BCUT2D eigenvalue weighted by Crippen LogP contribution is -2.26. The van der Waals surface area contributed by atoms with Crippen LogP contribution in [0.2, 0.25) is 0 Å². The number of nitrogens with zero attached hydrogens (tertiary/aromatic N) is 2. The predicted octanol–water partition coefficient (Wildman–Crippen LogP) is 14.4. The Hall–Kier alpha value is -1.92. The summed E-state index contributed by atoms with van der Waals surface area (Å²) in [7, 11) is 0. The number of carbonyl (C=O) groups is 2. The average Bonchev–Trinajstić information content (AvgIpc) is 3.22. The zero-order valence-corrected chi connectivity index (χ0v) is 37.7. The third-order valence-corrected chi connectivity index (χ3v) is 11.6. The fourth-order valence-electron chi connectivity index (χ4n) is 7.76. The number of unbranched alkanes of at least 4 members (excludes halogenated alkanes) is 26. The lowest BCUT2D eigenvalue weighted by Gasteiger charge is -2.20. The van der Waals surface area contributed by atoms with Crippen molar-refractivity contribution in [3.8, 4) is 0 Å². The van der Waals surface area contributed by atoms with Gasteiger partial charge >= 0.3 is 11.9 Å². The summed E-state index contributed by atoms with van der Waals surface area (Å²) < 4.78 is 11.2. The van der Waals surface area contributed by atoms with Gasteiger partial charge in [-0.05, 0) is 89.9 Å². The molecule has 326 valence electrons. The van der Waals surface area contributed by atoms with Crippen molar-refractivity contribution in [2.45, 2.75) is 220 Å². The Kier molecular flexibility index (Phi) is 37.1. The van der Waals surface area contributed by atoms with Crippen LogP contribution < -0.4 is 0 Å². The third kappa shape index (κ3) is 30.2. The molecule has 1 aromatic carbocycles. The predicted molar refractivity (Wildman–Crippen MR) is 241 cm³/mol. The lowest BCUT2D eigenvalue weighted by atomic mass is 10.0. The topological polar surface area (TPSA) is 59.1 Å². The maximum Gasteiger partial charge on any atom is 0.339 e. The van der Waals surface area contributed by atoms with Crippen molar-refractivity contribution >= 4 is 11.9 Å². The van der Waals surface area contributed by atoms with Crippen LogP contribution in [0.5, 0.6) is 0 Å². The number of hydrogen-bond donors (Lipinski definition) is 0. The highest BCUT2D eigenvalue weighted by Gasteiger charge is 2.19. The van der Waals surface area contributed by atoms with E-state index in [4.69, 9.17) is 9.47 Å². The first-order valence-electron chi connectivity index (χ1n) is 24.4. The van der Waals surface area contributed by atoms with E-state index < -0.39 is 11.9 Å². The molecule has 0 spiro atoms. The first-order chi connectivity index (χ1) is 27.6. The highest BCUT2D eigenvalue weighted by molar-refractivity contribution is 6.03. The van der Waals surface area contributed by atoms with Crippen LogP contribution in [0, 0.1) is 0 Å². The Labute approximate surface area is 348 Å². The summed E-state index contributed by atoms with van der Waals surface area (Å²) in [5, 5.41) is 0. The van der Waals surface area contributed by atoms with Gasteiger partial charge in [-0.3, -0.25) is 0 Å². The van der Waals surface area contributed by atoms with Crippen molar-refractivity contribution in [3.05, 3.63) is 35.4 Å². The van der Waals surface area contributed by atoms with Gasteiger partial charge in [0.25, 0.3) is 0 Å². The van der Waals surface area contributed by atoms with Gasteiger partial charge in [0.05, 0.1) is 24.3 Å². The Balaban J connectivity index is 2.12. The van der Waals surface area contributed by atoms with Crippen LogP contribution in [0.1, 0.15) is 241 Å². The van der Waals surface area contributed by atoms with E-state index in [1.54, 1.807) is 24.3 Å². The molecule has 0 aliphatic rings. The minimum atomic E-state index is -0.441. The molecule has 0 heterocycles. The molecule has 0 saturated carbocycles. The van der Waals surface area contributed by atoms with E-state index in [-0.39, 0.29) is 0 Å². The molecule has 56 heavy (non-hydrogen) atoms. The molecule has 6 nitrogen and oxygen atoms in total. The van der Waals surface area contributed by atoms with Crippen molar-refractivity contribution in [2.75, 3.05) is 52.5 Å². The van der Waals surface area contributed by atoms with Crippen LogP contribution in [0.3, 0.4) is 0 Å². The van der Waals surface area contributed by atoms with Gasteiger partial charge < -0.3 is 19.3 Å². The molecule has 0 radical (unpaired) electrons. The van der Waals surface area contributed by atoms with E-state index in [2.05, 4.69) is 37.5 Å². The molecule has 0 fully saturated rings. The maximum absolute atomic E-state index is 12.9. The first kappa shape index (κ1) is 52.1. The molecule has 0 amide bonds. The molecule has 0 aromatic heterocycles. The van der Waals surface area contributed by atoms with Crippen LogP contribution in [-0.2, 0) is 9.47 Å². The summed E-state index contributed by atoms with van der Waals surface area (Å²) in [4.78, 5) is 30.9. The highest BCUT2D eigenvalue weighted by atomic mass is 16.5. The van der Waals surface area contributed by atoms with Gasteiger partial charge in [-0.1, -0.05) is 194 Å². The van der Waals surface area contributed by atoms with Crippen LogP contribution in [0.4, 0.5) is 0 Å². The summed E-state index contributed by atoms with van der Waals surface area (Å²) in [6.07, 6.45) is 39.6. The molecule has 0 N–H and O–H groups in total. The quantitative estimate of drug-likeness (QED) is 0.0486. The van der Waals surface area contributed by atoms with Crippen molar-refractivity contribution in [1.82, 2.24) is 9.80 Å². The van der Waals surface area contributed by atoms with Gasteiger partial charge in [0.1, 0.15) is 0 Å². The van der Waals surface area contributed by atoms with Crippen LogP contribution in [0.15, 0.2) is 24.3 Å². The molecular formula is C50H92N2O4. The molecule has 0 unspecified atom stereocenters. The first-order valence-corrected chi connectivity index (χ1v) is 24.4. The smallest absolute Gasteiger partial charge is 0.339 e. The second kappa shape index (κ2) is 39.9. The minimum Gasteiger partial charge on any atom is -0.462 e. The van der Waals surface area contributed by atoms with E-state index in [0.29, 0.717) is 24.3 Å². The zero-order chi connectivity index (χ0) is 40.6. The average molecular weight is 785 g/mol. The van der Waals surface area contributed by atoms with Gasteiger partial charge in [0, 0.05) is 0 Å². The fraction of sp³-hybridized carbons (Fsp3) is 0.840. The molecule has 0 bridgehead atoms. The maximum atomic E-state index is 12.9. The van der Waals surface area contributed by atoms with Crippen LogP contribution in [-0.4, -0.2) is 74.2 Å². The lowest BCUT2D eigenvalue weighted by molar-refractivity contribution is 0.0448. The molecule has 0 saturated heterocycles. The molecular weight excluding hydrogens is 693 g/mol. The third-order valence-electron chi connectivity index (χ3n) is 11.6. The number of hydrogen-bond acceptors (Lipinski definition) is 6. The molecule has 0 aliphatic heterocycles. The van der Waals surface area contributed by atoms with Crippen LogP contribution >= 0.6 is 0 Å². The number of rotatable bonds is 42. The van der Waals surface area contributed by atoms with Crippen LogP contribution in [0.25, 0.3) is 0 Å². The van der Waals surface area contributed by atoms with Crippen molar-refractivity contribution < 1.29 is 19.1 Å². The molecule has 1 aromatic rings. The van der Waals surface area contributed by atoms with Gasteiger partial charge in [0.2, 0.25) is 0 Å². The fourth-order valence-corrected chi connectivity index (χ4v) is 7.76. The van der Waals surface area contributed by atoms with Gasteiger partial charge in [-0.2, -0.15) is 0 Å². The Morgan fingerprint density at radius 3 is 0.893 bits per heavy atom. The van der Waals surface area contributed by atoms with E-state index in [1.165, 1.54) is 167 Å². The summed E-state index contributed by atoms with van der Waals surface area (Å²) in [5.74, 6) is -0.882. The van der Waals surface area contributed by atoms with E-state index in [9.17, 15) is 9.59 Å². The molecule has 6 heteroatoms. The molecule has 1 rings (SSSR count). The zero-order valence-electron chi connectivity index (χ0n) is 37.7. The monoisotopic (exact) mass is 785 g/mol. The van der Waals surface area contributed by atoms with E-state index in [1.807, 2.05) is 0 Å². The van der Waals surface area contributed by atoms with E-state index >= 15 is 0 Å². The number of benzene rings is 1. The SMILES string of the molecule is CCCCCCCCCCCCCCCN(CC)CCCCOC(=O)c1ccccc1C(=O)OCCCCN(CC)CCCCCCCCCCCCCCC. The second-order valence-electron chi connectivity index (χ2n) is 16.6. The van der Waals surface area contributed by atoms with Gasteiger partial charge in [-0.25, -0.2) is 9.59 Å². The van der Waals surface area contributed by atoms with Gasteiger partial charge in [-0.15, -0.1) is 0 Å². The molecule has 0 aliphatic carbocycles. The largest absolute Gasteiger partial charge is 0.462 e. The number of carbonyl (C=O) groups excluding carboxylic acids is 2. The minimum absolute atomic E-state index is 0.296. The van der Waals surface area contributed by atoms with Crippen molar-refractivity contribution in [3.63, 3.8) is 0 Å². The summed E-state index contributed by atoms with van der Waals surface area (Å²) in [5.41, 5.74) is 0.593. The van der Waals surface area contributed by atoms with Crippen molar-refractivity contribution in [1.29, 1.82) is 0 Å².